The van der Waals surface area contributed by atoms with Gasteiger partial charge in [-0.3, -0.25) is 0 Å². The topological polar surface area (TPSA) is 37.8 Å². The highest BCUT2D eigenvalue weighted by molar-refractivity contribution is 5.27. The van der Waals surface area contributed by atoms with Crippen LogP contribution in [0.2, 0.25) is 0 Å². The third-order valence-corrected chi connectivity index (χ3v) is 2.57. The number of fused-ring (bicyclic) bond motifs is 1. The van der Waals surface area contributed by atoms with E-state index in [-0.39, 0.29) is 0 Å². The molecule has 76 valence electrons. The van der Waals surface area contributed by atoms with Crippen molar-refractivity contribution >= 4 is 0 Å². The van der Waals surface area contributed by atoms with Gasteiger partial charge in [-0.2, -0.15) is 0 Å². The second kappa shape index (κ2) is 4.05. The lowest BCUT2D eigenvalue weighted by atomic mass is 9.99. The Labute approximate surface area is 85.0 Å². The largest absolute Gasteiger partial charge is 0.312 e. The molecule has 0 aromatic carbocycles. The summed E-state index contributed by atoms with van der Waals surface area (Å²) >= 11 is 0. The third kappa shape index (κ3) is 1.93. The van der Waals surface area contributed by atoms with E-state index in [1.165, 1.54) is 17.0 Å². The lowest BCUT2D eigenvalue weighted by Gasteiger charge is -2.19. The first-order chi connectivity index (χ1) is 6.77. The first-order valence-electron chi connectivity index (χ1n) is 5.29. The van der Waals surface area contributed by atoms with Gasteiger partial charge in [-0.1, -0.05) is 13.8 Å². The summed E-state index contributed by atoms with van der Waals surface area (Å²) in [4.78, 5) is 8.72. The highest BCUT2D eigenvalue weighted by atomic mass is 14.9. The predicted molar refractivity (Wildman–Crippen MR) is 56.0 cm³/mol. The van der Waals surface area contributed by atoms with Gasteiger partial charge in [0.25, 0.3) is 0 Å². The molecular formula is C11H17N3. The SMILES string of the molecule is CC(C)Cc1ncnc2c1CNCC2. The molecule has 0 saturated carbocycles. The number of aromatic nitrogens is 2. The molecule has 2 rings (SSSR count). The fraction of sp³-hybridized carbons (Fsp3) is 0.636. The summed E-state index contributed by atoms with van der Waals surface area (Å²) in [5.74, 6) is 0.663. The molecule has 3 heteroatoms. The van der Waals surface area contributed by atoms with Crippen LogP contribution >= 0.6 is 0 Å². The number of hydrogen-bond donors (Lipinski definition) is 1. The van der Waals surface area contributed by atoms with Gasteiger partial charge in [-0.15, -0.1) is 0 Å². The second-order valence-electron chi connectivity index (χ2n) is 4.27. The molecule has 0 amide bonds. The van der Waals surface area contributed by atoms with Gasteiger partial charge in [0.2, 0.25) is 0 Å². The van der Waals surface area contributed by atoms with Gasteiger partial charge in [-0.25, -0.2) is 9.97 Å². The average molecular weight is 191 g/mol. The lowest BCUT2D eigenvalue weighted by molar-refractivity contribution is 0.586. The van der Waals surface area contributed by atoms with Crippen LogP contribution in [0.3, 0.4) is 0 Å². The van der Waals surface area contributed by atoms with Gasteiger partial charge in [-0.05, 0) is 12.3 Å². The maximum Gasteiger partial charge on any atom is 0.115 e. The molecule has 14 heavy (non-hydrogen) atoms. The average Bonchev–Trinajstić information content (AvgIpc) is 2.18. The minimum Gasteiger partial charge on any atom is -0.312 e. The zero-order valence-electron chi connectivity index (χ0n) is 8.88. The van der Waals surface area contributed by atoms with Crippen molar-refractivity contribution < 1.29 is 0 Å². The zero-order chi connectivity index (χ0) is 9.97. The number of nitrogens with one attached hydrogen (secondary N) is 1. The van der Waals surface area contributed by atoms with Crippen LogP contribution < -0.4 is 5.32 Å². The summed E-state index contributed by atoms with van der Waals surface area (Å²) in [5, 5.41) is 3.37. The van der Waals surface area contributed by atoms with Crippen molar-refractivity contribution in [2.45, 2.75) is 33.2 Å². The molecule has 2 heterocycles. The van der Waals surface area contributed by atoms with E-state index in [9.17, 15) is 0 Å². The van der Waals surface area contributed by atoms with E-state index in [1.807, 2.05) is 0 Å². The van der Waals surface area contributed by atoms with Crippen LogP contribution in [0, 0.1) is 5.92 Å². The summed E-state index contributed by atoms with van der Waals surface area (Å²) in [6.45, 7) is 6.44. The fourth-order valence-corrected chi connectivity index (χ4v) is 1.89. The third-order valence-electron chi connectivity index (χ3n) is 2.57. The molecule has 1 aliphatic heterocycles. The monoisotopic (exact) mass is 191 g/mol. The highest BCUT2D eigenvalue weighted by Crippen LogP contribution is 2.16. The zero-order valence-corrected chi connectivity index (χ0v) is 8.88. The molecule has 1 aromatic heterocycles. The van der Waals surface area contributed by atoms with Crippen molar-refractivity contribution in [3.05, 3.63) is 23.3 Å². The van der Waals surface area contributed by atoms with Crippen LogP contribution in [-0.4, -0.2) is 16.5 Å². The van der Waals surface area contributed by atoms with Gasteiger partial charge in [0.05, 0.1) is 0 Å². The Hall–Kier alpha value is -0.960. The van der Waals surface area contributed by atoms with Crippen LogP contribution in [0.15, 0.2) is 6.33 Å². The Morgan fingerprint density at radius 2 is 2.29 bits per heavy atom. The van der Waals surface area contributed by atoms with Crippen molar-refractivity contribution in [1.29, 1.82) is 0 Å². The van der Waals surface area contributed by atoms with E-state index in [1.54, 1.807) is 6.33 Å². The summed E-state index contributed by atoms with van der Waals surface area (Å²) in [6, 6.07) is 0. The first-order valence-corrected chi connectivity index (χ1v) is 5.29. The van der Waals surface area contributed by atoms with Gasteiger partial charge in [0.1, 0.15) is 6.33 Å². The van der Waals surface area contributed by atoms with Gasteiger partial charge < -0.3 is 5.32 Å². The predicted octanol–water partition coefficient (Wildman–Crippen LogP) is 1.32. The van der Waals surface area contributed by atoms with Crippen LogP contribution in [0.4, 0.5) is 0 Å². The van der Waals surface area contributed by atoms with E-state index < -0.39 is 0 Å². The van der Waals surface area contributed by atoms with Crippen molar-refractivity contribution in [3.63, 3.8) is 0 Å². The number of nitrogens with zero attached hydrogens (tertiary/aromatic N) is 2. The molecule has 0 atom stereocenters. The van der Waals surface area contributed by atoms with E-state index in [4.69, 9.17) is 0 Å². The molecule has 0 spiro atoms. The summed E-state index contributed by atoms with van der Waals surface area (Å²) in [5.41, 5.74) is 3.82. The first kappa shape index (κ1) is 9.59. The standard InChI is InChI=1S/C11H17N3/c1-8(2)5-11-9-6-12-4-3-10(9)13-7-14-11/h7-8,12H,3-6H2,1-2H3. The lowest BCUT2D eigenvalue weighted by Crippen LogP contribution is -2.26. The summed E-state index contributed by atoms with van der Waals surface area (Å²) in [7, 11) is 0. The minimum absolute atomic E-state index is 0.663. The smallest absolute Gasteiger partial charge is 0.115 e. The van der Waals surface area contributed by atoms with Gasteiger partial charge in [0, 0.05) is 36.5 Å². The maximum atomic E-state index is 4.38. The molecular weight excluding hydrogens is 174 g/mol. The molecule has 0 radical (unpaired) electrons. The summed E-state index contributed by atoms with van der Waals surface area (Å²) in [6.07, 6.45) is 3.82. The summed E-state index contributed by atoms with van der Waals surface area (Å²) < 4.78 is 0. The molecule has 0 saturated heterocycles. The minimum atomic E-state index is 0.663. The van der Waals surface area contributed by atoms with Crippen LogP contribution in [0.5, 0.6) is 0 Å². The van der Waals surface area contributed by atoms with Crippen LogP contribution in [0.1, 0.15) is 30.8 Å². The molecule has 3 nitrogen and oxygen atoms in total. The Morgan fingerprint density at radius 3 is 3.07 bits per heavy atom. The van der Waals surface area contributed by atoms with Gasteiger partial charge >= 0.3 is 0 Å². The van der Waals surface area contributed by atoms with E-state index in [0.717, 1.165) is 25.9 Å². The Morgan fingerprint density at radius 1 is 1.43 bits per heavy atom. The van der Waals surface area contributed by atoms with Crippen molar-refractivity contribution in [2.24, 2.45) is 5.92 Å². The molecule has 0 fully saturated rings. The normalized spacial score (nSPS) is 15.6. The Balaban J connectivity index is 2.30. The Bertz CT molecular complexity index is 320. The quantitative estimate of drug-likeness (QED) is 0.766. The maximum absolute atomic E-state index is 4.38. The van der Waals surface area contributed by atoms with Crippen molar-refractivity contribution in [2.75, 3.05) is 6.54 Å². The van der Waals surface area contributed by atoms with Crippen molar-refractivity contribution in [1.82, 2.24) is 15.3 Å². The van der Waals surface area contributed by atoms with E-state index in [0.29, 0.717) is 5.92 Å². The van der Waals surface area contributed by atoms with E-state index in [2.05, 4.69) is 29.1 Å². The van der Waals surface area contributed by atoms with Crippen LogP contribution in [0.25, 0.3) is 0 Å². The van der Waals surface area contributed by atoms with Crippen LogP contribution in [-0.2, 0) is 19.4 Å². The molecule has 0 bridgehead atoms. The molecule has 1 aliphatic rings. The Kier molecular flexibility index (Phi) is 2.77. The molecule has 0 unspecified atom stereocenters. The fourth-order valence-electron chi connectivity index (χ4n) is 1.89. The molecule has 1 aromatic rings. The molecule has 0 aliphatic carbocycles. The highest BCUT2D eigenvalue weighted by Gasteiger charge is 2.15. The molecule has 1 N–H and O–H groups in total. The van der Waals surface area contributed by atoms with Gasteiger partial charge in [0.15, 0.2) is 0 Å². The number of hydrogen-bond acceptors (Lipinski definition) is 3. The number of rotatable bonds is 2. The second-order valence-corrected chi connectivity index (χ2v) is 4.27. The van der Waals surface area contributed by atoms with E-state index >= 15 is 0 Å². The van der Waals surface area contributed by atoms with Crippen molar-refractivity contribution in [3.8, 4) is 0 Å².